The summed E-state index contributed by atoms with van der Waals surface area (Å²) in [6, 6.07) is 6.36. The van der Waals surface area contributed by atoms with Crippen molar-refractivity contribution >= 4 is 38.9 Å². The Balaban J connectivity index is 2.41. The van der Waals surface area contributed by atoms with Crippen molar-refractivity contribution in [3.8, 4) is 0 Å². The van der Waals surface area contributed by atoms with Gasteiger partial charge in [0.05, 0.1) is 11.7 Å². The van der Waals surface area contributed by atoms with Crippen molar-refractivity contribution in [2.24, 2.45) is 0 Å². The maximum absolute atomic E-state index is 6.06. The molecule has 0 saturated carbocycles. The summed E-state index contributed by atoms with van der Waals surface area (Å²) in [5, 5.41) is 7.58. The molecule has 1 aromatic heterocycles. The fourth-order valence-electron chi connectivity index (χ4n) is 2.06. The second-order valence-electron chi connectivity index (χ2n) is 5.69. The number of halogens is 2. The molecule has 21 heavy (non-hydrogen) atoms. The highest BCUT2D eigenvalue weighted by Gasteiger charge is 2.21. The Labute approximate surface area is 144 Å². The average molecular weight is 388 g/mol. The normalized spacial score (nSPS) is 13.1. The zero-order valence-corrected chi connectivity index (χ0v) is 15.8. The molecule has 0 bridgehead atoms. The molecule has 2 rings (SSSR count). The standard InChI is InChI=1S/C16H20BrClN2S/c1-9(2)14-8-21-16(20-14)15(19-10(3)4)12-6-5-11(18)7-13(12)17/h5-10,15,19H,1-4H3. The van der Waals surface area contributed by atoms with Gasteiger partial charge in [0.15, 0.2) is 0 Å². The fraction of sp³-hybridized carbons (Fsp3) is 0.438. The lowest BCUT2D eigenvalue weighted by atomic mass is 10.1. The van der Waals surface area contributed by atoms with Crippen LogP contribution in [0, 0.1) is 0 Å². The van der Waals surface area contributed by atoms with Crippen LogP contribution in [0.4, 0.5) is 0 Å². The summed E-state index contributed by atoms with van der Waals surface area (Å²) in [7, 11) is 0. The molecule has 2 aromatic rings. The number of hydrogen-bond acceptors (Lipinski definition) is 3. The molecule has 0 amide bonds. The van der Waals surface area contributed by atoms with Gasteiger partial charge in [-0.3, -0.25) is 0 Å². The van der Waals surface area contributed by atoms with Crippen LogP contribution in [0.5, 0.6) is 0 Å². The lowest BCUT2D eigenvalue weighted by molar-refractivity contribution is 0.524. The maximum atomic E-state index is 6.06. The molecular formula is C16H20BrClN2S. The van der Waals surface area contributed by atoms with Gasteiger partial charge in [0, 0.05) is 20.9 Å². The van der Waals surface area contributed by atoms with Crippen LogP contribution in [-0.2, 0) is 0 Å². The molecule has 1 unspecified atom stereocenters. The minimum absolute atomic E-state index is 0.0779. The summed E-state index contributed by atoms with van der Waals surface area (Å²) < 4.78 is 1.01. The topological polar surface area (TPSA) is 24.9 Å². The Morgan fingerprint density at radius 3 is 2.48 bits per heavy atom. The molecule has 0 spiro atoms. The zero-order valence-electron chi connectivity index (χ0n) is 12.7. The molecule has 0 radical (unpaired) electrons. The monoisotopic (exact) mass is 386 g/mol. The maximum Gasteiger partial charge on any atom is 0.114 e. The van der Waals surface area contributed by atoms with Crippen molar-refractivity contribution in [3.63, 3.8) is 0 Å². The van der Waals surface area contributed by atoms with Crippen LogP contribution in [0.15, 0.2) is 28.1 Å². The Bertz CT molecular complexity index is 610. The number of thiazole rings is 1. The van der Waals surface area contributed by atoms with E-state index >= 15 is 0 Å². The largest absolute Gasteiger partial charge is 0.302 e. The highest BCUT2D eigenvalue weighted by Crippen LogP contribution is 2.33. The van der Waals surface area contributed by atoms with E-state index in [-0.39, 0.29) is 6.04 Å². The van der Waals surface area contributed by atoms with Crippen molar-refractivity contribution in [1.82, 2.24) is 10.3 Å². The van der Waals surface area contributed by atoms with E-state index < -0.39 is 0 Å². The van der Waals surface area contributed by atoms with Gasteiger partial charge in [0.1, 0.15) is 5.01 Å². The molecular weight excluding hydrogens is 368 g/mol. The number of rotatable bonds is 5. The van der Waals surface area contributed by atoms with Gasteiger partial charge in [-0.1, -0.05) is 47.4 Å². The molecule has 0 fully saturated rings. The predicted molar refractivity (Wildman–Crippen MR) is 95.5 cm³/mol. The van der Waals surface area contributed by atoms with E-state index in [1.807, 2.05) is 12.1 Å². The van der Waals surface area contributed by atoms with E-state index in [1.54, 1.807) is 11.3 Å². The van der Waals surface area contributed by atoms with E-state index in [0.717, 1.165) is 25.8 Å². The van der Waals surface area contributed by atoms with Gasteiger partial charge >= 0.3 is 0 Å². The average Bonchev–Trinajstić information content (AvgIpc) is 2.85. The summed E-state index contributed by atoms with van der Waals surface area (Å²) >= 11 is 11.4. The van der Waals surface area contributed by atoms with E-state index in [4.69, 9.17) is 16.6 Å². The summed E-state index contributed by atoms with van der Waals surface area (Å²) in [5.74, 6) is 0.448. The summed E-state index contributed by atoms with van der Waals surface area (Å²) in [4.78, 5) is 4.81. The molecule has 0 aliphatic heterocycles. The van der Waals surface area contributed by atoms with Crippen molar-refractivity contribution in [3.05, 3.63) is 49.3 Å². The first-order valence-electron chi connectivity index (χ1n) is 7.04. The van der Waals surface area contributed by atoms with Crippen LogP contribution in [-0.4, -0.2) is 11.0 Å². The van der Waals surface area contributed by atoms with Crippen LogP contribution < -0.4 is 5.32 Å². The minimum atomic E-state index is 0.0779. The number of nitrogens with zero attached hydrogens (tertiary/aromatic N) is 1. The van der Waals surface area contributed by atoms with Gasteiger partial charge in [-0.2, -0.15) is 0 Å². The van der Waals surface area contributed by atoms with Crippen LogP contribution >= 0.6 is 38.9 Å². The number of aromatic nitrogens is 1. The highest BCUT2D eigenvalue weighted by molar-refractivity contribution is 9.10. The van der Waals surface area contributed by atoms with Gasteiger partial charge in [-0.25, -0.2) is 4.98 Å². The first kappa shape index (κ1) is 16.9. The first-order chi connectivity index (χ1) is 9.88. The van der Waals surface area contributed by atoms with Crippen LogP contribution in [0.1, 0.15) is 55.9 Å². The summed E-state index contributed by atoms with van der Waals surface area (Å²) in [6.45, 7) is 8.63. The molecule has 1 heterocycles. The molecule has 0 aliphatic rings. The van der Waals surface area contributed by atoms with Crippen molar-refractivity contribution in [1.29, 1.82) is 0 Å². The molecule has 2 nitrogen and oxygen atoms in total. The fourth-order valence-corrected chi connectivity index (χ4v) is 4.03. The quantitative estimate of drug-likeness (QED) is 0.704. The SMILES string of the molecule is CC(C)NC(c1nc(C(C)C)cs1)c1ccc(Cl)cc1Br. The molecule has 114 valence electrons. The molecule has 1 aromatic carbocycles. The number of benzene rings is 1. The molecule has 1 atom stereocenters. The Morgan fingerprint density at radius 2 is 1.95 bits per heavy atom. The third-order valence-electron chi connectivity index (χ3n) is 3.15. The molecule has 5 heteroatoms. The van der Waals surface area contributed by atoms with E-state index in [1.165, 1.54) is 0 Å². The smallest absolute Gasteiger partial charge is 0.114 e. The predicted octanol–water partition coefficient (Wildman–Crippen LogP) is 5.77. The summed E-state index contributed by atoms with van der Waals surface area (Å²) in [6.07, 6.45) is 0. The van der Waals surface area contributed by atoms with Gasteiger partial charge in [-0.05, 0) is 37.5 Å². The van der Waals surface area contributed by atoms with Crippen molar-refractivity contribution in [2.45, 2.75) is 45.7 Å². The van der Waals surface area contributed by atoms with E-state index in [0.29, 0.717) is 12.0 Å². The third-order valence-corrected chi connectivity index (χ3v) is 5.00. The highest BCUT2D eigenvalue weighted by atomic mass is 79.9. The number of nitrogens with one attached hydrogen (secondary N) is 1. The Hall–Kier alpha value is -0.420. The third kappa shape index (κ3) is 4.28. The second-order valence-corrected chi connectivity index (χ2v) is 7.87. The lowest BCUT2D eigenvalue weighted by Gasteiger charge is -2.21. The first-order valence-corrected chi connectivity index (χ1v) is 9.10. The second kappa shape index (κ2) is 7.23. The number of hydrogen-bond donors (Lipinski definition) is 1. The van der Waals surface area contributed by atoms with Crippen LogP contribution in [0.2, 0.25) is 5.02 Å². The lowest BCUT2D eigenvalue weighted by Crippen LogP contribution is -2.29. The van der Waals surface area contributed by atoms with Crippen molar-refractivity contribution in [2.75, 3.05) is 0 Å². The Kier molecular flexibility index (Phi) is 5.83. The molecule has 0 saturated heterocycles. The van der Waals surface area contributed by atoms with E-state index in [9.17, 15) is 0 Å². The molecule has 0 aliphatic carbocycles. The van der Waals surface area contributed by atoms with Gasteiger partial charge in [-0.15, -0.1) is 11.3 Å². The zero-order chi connectivity index (χ0) is 15.6. The molecule has 1 N–H and O–H groups in total. The van der Waals surface area contributed by atoms with E-state index in [2.05, 4.69) is 60.4 Å². The van der Waals surface area contributed by atoms with Gasteiger partial charge < -0.3 is 5.32 Å². The van der Waals surface area contributed by atoms with Gasteiger partial charge in [0.2, 0.25) is 0 Å². The summed E-state index contributed by atoms with van der Waals surface area (Å²) in [5.41, 5.74) is 2.31. The van der Waals surface area contributed by atoms with Gasteiger partial charge in [0.25, 0.3) is 0 Å². The minimum Gasteiger partial charge on any atom is -0.302 e. The van der Waals surface area contributed by atoms with Crippen LogP contribution in [0.3, 0.4) is 0 Å². The van der Waals surface area contributed by atoms with Crippen molar-refractivity contribution < 1.29 is 0 Å². The Morgan fingerprint density at radius 1 is 1.24 bits per heavy atom. The van der Waals surface area contributed by atoms with Crippen LogP contribution in [0.25, 0.3) is 0 Å².